The van der Waals surface area contributed by atoms with Gasteiger partial charge in [-0.25, -0.2) is 14.6 Å². The van der Waals surface area contributed by atoms with E-state index in [0.29, 0.717) is 19.7 Å². The summed E-state index contributed by atoms with van der Waals surface area (Å²) in [4.78, 5) is 49.8. The number of carbonyl (C=O) groups is 3. The van der Waals surface area contributed by atoms with Crippen LogP contribution in [-0.4, -0.2) is 47.0 Å². The third-order valence-electron chi connectivity index (χ3n) is 6.96. The SMILES string of the molecule is CC(C)NC(=O)N1C(=O)/C(=C\c2cc3sc(N=Nc4ccc(N5CCCCC5)cc4)nc3s2)N(c2cc(Cl)cc(Cl)c2)C1=O. The summed E-state index contributed by atoms with van der Waals surface area (Å²) in [5.74, 6) is -0.769. The topological polar surface area (TPSA) is 111 Å². The standard InChI is InChI=1S/C30H27Cl2N7O3S2/c1-17(2)33-29(41)39-27(40)24(38(30(39)42)22-13-18(31)12-19(32)14-22)15-23-16-25-26(43-23)34-28(44-25)36-35-20-6-8-21(9-7-20)37-10-4-3-5-11-37/h6-9,12-17H,3-5,10-11H2,1-2H3,(H,33,41)/b24-15+,36-35?. The second-order valence-corrected chi connectivity index (χ2v) is 13.5. The van der Waals surface area contributed by atoms with E-state index in [-0.39, 0.29) is 27.5 Å². The molecule has 1 N–H and O–H groups in total. The van der Waals surface area contributed by atoms with Gasteiger partial charge in [-0.1, -0.05) is 34.5 Å². The number of nitrogens with zero attached hydrogens (tertiary/aromatic N) is 6. The molecule has 0 saturated carbocycles. The molecule has 0 unspecified atom stereocenters. The Morgan fingerprint density at radius 1 is 0.955 bits per heavy atom. The minimum Gasteiger partial charge on any atom is -0.372 e. The first-order valence-electron chi connectivity index (χ1n) is 14.0. The highest BCUT2D eigenvalue weighted by Crippen LogP contribution is 2.38. The molecule has 0 aliphatic carbocycles. The predicted octanol–water partition coefficient (Wildman–Crippen LogP) is 9.00. The average Bonchev–Trinajstić information content (AvgIpc) is 3.61. The summed E-state index contributed by atoms with van der Waals surface area (Å²) < 4.78 is 0.847. The largest absolute Gasteiger partial charge is 0.372 e. The van der Waals surface area contributed by atoms with Gasteiger partial charge < -0.3 is 10.2 Å². The van der Waals surface area contributed by atoms with Crippen molar-refractivity contribution in [2.75, 3.05) is 22.9 Å². The quantitative estimate of drug-likeness (QED) is 0.125. The fourth-order valence-electron chi connectivity index (χ4n) is 5.01. The van der Waals surface area contributed by atoms with Crippen molar-refractivity contribution in [3.8, 4) is 0 Å². The van der Waals surface area contributed by atoms with Crippen molar-refractivity contribution < 1.29 is 14.4 Å². The van der Waals surface area contributed by atoms with Crippen LogP contribution in [-0.2, 0) is 4.79 Å². The summed E-state index contributed by atoms with van der Waals surface area (Å²) in [6.07, 6.45) is 5.29. The minimum atomic E-state index is -0.833. The third-order valence-corrected chi connectivity index (χ3v) is 9.39. The smallest absolute Gasteiger partial charge is 0.344 e. The van der Waals surface area contributed by atoms with E-state index in [1.54, 1.807) is 19.9 Å². The van der Waals surface area contributed by atoms with Crippen molar-refractivity contribution in [2.45, 2.75) is 39.2 Å². The lowest BCUT2D eigenvalue weighted by Gasteiger charge is -2.28. The van der Waals surface area contributed by atoms with Gasteiger partial charge in [0.05, 0.1) is 16.1 Å². The van der Waals surface area contributed by atoms with Crippen LogP contribution >= 0.6 is 45.9 Å². The van der Waals surface area contributed by atoms with Crippen LogP contribution in [0.5, 0.6) is 0 Å². The molecular weight excluding hydrogens is 641 g/mol. The number of nitrogens with one attached hydrogen (secondary N) is 1. The molecule has 0 spiro atoms. The normalized spacial score (nSPS) is 16.8. The van der Waals surface area contributed by atoms with Crippen LogP contribution in [0.2, 0.25) is 10.0 Å². The highest BCUT2D eigenvalue weighted by Gasteiger charge is 2.46. The number of thiazole rings is 1. The predicted molar refractivity (Wildman–Crippen MR) is 177 cm³/mol. The van der Waals surface area contributed by atoms with Crippen LogP contribution < -0.4 is 15.1 Å². The van der Waals surface area contributed by atoms with Gasteiger partial charge in [0.25, 0.3) is 5.91 Å². The molecule has 2 aromatic carbocycles. The molecule has 0 atom stereocenters. The Bertz CT molecular complexity index is 1760. The third kappa shape index (κ3) is 6.34. The summed E-state index contributed by atoms with van der Waals surface area (Å²) in [7, 11) is 0. The Morgan fingerprint density at radius 3 is 2.32 bits per heavy atom. The molecule has 0 radical (unpaired) electrons. The lowest BCUT2D eigenvalue weighted by Crippen LogP contribution is -2.46. The number of piperidine rings is 1. The number of azo groups is 1. The van der Waals surface area contributed by atoms with E-state index in [1.165, 1.54) is 65.8 Å². The molecule has 2 fully saturated rings. The Hall–Kier alpha value is -3.84. The van der Waals surface area contributed by atoms with Crippen LogP contribution in [0.1, 0.15) is 38.0 Å². The summed E-state index contributed by atoms with van der Waals surface area (Å²) in [5.41, 5.74) is 2.18. The lowest BCUT2D eigenvalue weighted by molar-refractivity contribution is -0.120. The first kappa shape index (κ1) is 30.2. The van der Waals surface area contributed by atoms with Crippen molar-refractivity contribution in [2.24, 2.45) is 10.2 Å². The van der Waals surface area contributed by atoms with E-state index in [2.05, 4.69) is 37.6 Å². The molecule has 2 aromatic heterocycles. The molecule has 4 heterocycles. The van der Waals surface area contributed by atoms with Gasteiger partial charge in [-0.3, -0.25) is 9.69 Å². The van der Waals surface area contributed by atoms with Crippen LogP contribution in [0.15, 0.2) is 64.5 Å². The number of anilines is 2. The first-order chi connectivity index (χ1) is 21.2. The van der Waals surface area contributed by atoms with Crippen LogP contribution in [0.25, 0.3) is 15.6 Å². The number of carbonyl (C=O) groups excluding carboxylic acids is 3. The van der Waals surface area contributed by atoms with Gasteiger partial charge in [0.15, 0.2) is 0 Å². The zero-order valence-corrected chi connectivity index (χ0v) is 26.9. The molecule has 4 aromatic rings. The number of imide groups is 3. The molecule has 2 saturated heterocycles. The molecule has 2 aliphatic heterocycles. The Balaban J connectivity index is 1.25. The lowest BCUT2D eigenvalue weighted by atomic mass is 10.1. The van der Waals surface area contributed by atoms with Gasteiger partial charge in [0.1, 0.15) is 10.5 Å². The Labute approximate surface area is 271 Å². The van der Waals surface area contributed by atoms with E-state index in [9.17, 15) is 14.4 Å². The number of hydrogen-bond acceptors (Lipinski definition) is 9. The molecule has 14 heteroatoms. The molecule has 5 amide bonds. The van der Waals surface area contributed by atoms with Gasteiger partial charge in [-0.2, -0.15) is 4.90 Å². The average molecular weight is 669 g/mol. The van der Waals surface area contributed by atoms with E-state index in [4.69, 9.17) is 23.2 Å². The number of rotatable bonds is 6. The van der Waals surface area contributed by atoms with E-state index >= 15 is 0 Å². The summed E-state index contributed by atoms with van der Waals surface area (Å²) in [5, 5.41) is 12.3. The van der Waals surface area contributed by atoms with E-state index < -0.39 is 18.0 Å². The number of amides is 5. The van der Waals surface area contributed by atoms with Crippen molar-refractivity contribution in [1.82, 2.24) is 15.2 Å². The van der Waals surface area contributed by atoms with Crippen molar-refractivity contribution in [1.29, 1.82) is 0 Å². The highest BCUT2D eigenvalue weighted by atomic mass is 35.5. The molecule has 10 nitrogen and oxygen atoms in total. The number of thiophene rings is 1. The maximum Gasteiger partial charge on any atom is 0.344 e. The Morgan fingerprint density at radius 2 is 1.66 bits per heavy atom. The summed E-state index contributed by atoms with van der Waals surface area (Å²) in [6, 6.07) is 12.5. The summed E-state index contributed by atoms with van der Waals surface area (Å²) in [6.45, 7) is 5.64. The van der Waals surface area contributed by atoms with E-state index in [1.807, 2.05) is 18.2 Å². The molecule has 6 rings (SSSR count). The van der Waals surface area contributed by atoms with Gasteiger partial charge in [0, 0.05) is 39.7 Å². The second-order valence-electron chi connectivity index (χ2n) is 10.6. The zero-order valence-electron chi connectivity index (χ0n) is 23.8. The van der Waals surface area contributed by atoms with Crippen molar-refractivity contribution >= 4 is 102 Å². The maximum absolute atomic E-state index is 13.5. The fourth-order valence-corrected chi connectivity index (χ4v) is 7.50. The second kappa shape index (κ2) is 12.6. The van der Waals surface area contributed by atoms with Crippen molar-refractivity contribution in [3.05, 3.63) is 69.2 Å². The van der Waals surface area contributed by atoms with E-state index in [0.717, 1.165) is 28.4 Å². The first-order valence-corrected chi connectivity index (χ1v) is 16.4. The molecular formula is C30H27Cl2N7O3S2. The molecule has 44 heavy (non-hydrogen) atoms. The minimum absolute atomic E-state index is 0.0194. The number of urea groups is 2. The van der Waals surface area contributed by atoms with Crippen LogP contribution in [0.3, 0.4) is 0 Å². The van der Waals surface area contributed by atoms with Gasteiger partial charge in [0.2, 0.25) is 5.13 Å². The van der Waals surface area contributed by atoms with Gasteiger partial charge in [-0.15, -0.1) is 21.6 Å². The molecule has 0 bridgehead atoms. The molecule has 2 aliphatic rings. The van der Waals surface area contributed by atoms with Gasteiger partial charge >= 0.3 is 12.1 Å². The maximum atomic E-state index is 13.5. The number of halogens is 2. The number of benzene rings is 2. The summed E-state index contributed by atoms with van der Waals surface area (Å²) >= 11 is 15.1. The van der Waals surface area contributed by atoms with Crippen LogP contribution in [0, 0.1) is 0 Å². The zero-order chi connectivity index (χ0) is 31.0. The monoisotopic (exact) mass is 667 g/mol. The molecule has 226 valence electrons. The number of hydrogen-bond donors (Lipinski definition) is 1. The van der Waals surface area contributed by atoms with Gasteiger partial charge in [-0.05, 0) is 87.7 Å². The number of aromatic nitrogens is 1. The number of fused-ring (bicyclic) bond motifs is 1. The highest BCUT2D eigenvalue weighted by molar-refractivity contribution is 7.29. The fraction of sp³-hybridized carbons (Fsp3) is 0.267. The van der Waals surface area contributed by atoms with Crippen LogP contribution in [0.4, 0.5) is 31.8 Å². The van der Waals surface area contributed by atoms with Crippen molar-refractivity contribution in [3.63, 3.8) is 0 Å². The Kier molecular flexibility index (Phi) is 8.68.